The minimum absolute atomic E-state index is 0.163. The van der Waals surface area contributed by atoms with E-state index in [1.165, 1.54) is 0 Å². The van der Waals surface area contributed by atoms with Gasteiger partial charge in [0.25, 0.3) is 0 Å². The average Bonchev–Trinajstić information content (AvgIpc) is 2.47. The van der Waals surface area contributed by atoms with E-state index >= 15 is 0 Å². The summed E-state index contributed by atoms with van der Waals surface area (Å²) in [6, 6.07) is 15.1. The number of hydrogen-bond acceptors (Lipinski definition) is 3. The first-order chi connectivity index (χ1) is 9.72. The van der Waals surface area contributed by atoms with Gasteiger partial charge in [-0.25, -0.2) is 0 Å². The highest BCUT2D eigenvalue weighted by Crippen LogP contribution is 2.21. The fourth-order valence-corrected chi connectivity index (χ4v) is 2.08. The van der Waals surface area contributed by atoms with Crippen LogP contribution in [0.15, 0.2) is 48.5 Å². The lowest BCUT2D eigenvalue weighted by Crippen LogP contribution is -2.15. The van der Waals surface area contributed by atoms with Gasteiger partial charge in [0.15, 0.2) is 0 Å². The van der Waals surface area contributed by atoms with Crippen LogP contribution in [-0.2, 0) is 17.8 Å². The molecule has 0 spiro atoms. The highest BCUT2D eigenvalue weighted by molar-refractivity contribution is 5.96. The van der Waals surface area contributed by atoms with Crippen molar-refractivity contribution in [2.24, 2.45) is 5.73 Å². The molecule has 2 rings (SSSR count). The summed E-state index contributed by atoms with van der Waals surface area (Å²) in [6.07, 6.45) is 0.936. The van der Waals surface area contributed by atoms with Gasteiger partial charge in [0.1, 0.15) is 6.29 Å². The largest absolute Gasteiger partial charge is 0.381 e. The predicted molar refractivity (Wildman–Crippen MR) is 78.5 cm³/mol. The maximum atomic E-state index is 11.4. The third kappa shape index (κ3) is 3.23. The first kappa shape index (κ1) is 13.8. The Hall–Kier alpha value is -2.62. The van der Waals surface area contributed by atoms with Gasteiger partial charge < -0.3 is 15.8 Å². The molecule has 1 amide bonds. The van der Waals surface area contributed by atoms with Gasteiger partial charge in [-0.2, -0.15) is 0 Å². The Balaban J connectivity index is 2.24. The number of primary amides is 1. The molecule has 0 unspecified atom stereocenters. The van der Waals surface area contributed by atoms with Gasteiger partial charge in [-0.15, -0.1) is 0 Å². The van der Waals surface area contributed by atoms with Crippen molar-refractivity contribution < 1.29 is 9.59 Å². The van der Waals surface area contributed by atoms with E-state index < -0.39 is 5.91 Å². The van der Waals surface area contributed by atoms with Crippen molar-refractivity contribution >= 4 is 17.9 Å². The molecule has 4 heteroatoms. The average molecular weight is 268 g/mol. The second-order valence-electron chi connectivity index (χ2n) is 4.41. The highest BCUT2D eigenvalue weighted by Gasteiger charge is 2.11. The van der Waals surface area contributed by atoms with Gasteiger partial charge >= 0.3 is 0 Å². The second kappa shape index (κ2) is 6.52. The number of nitrogens with one attached hydrogen (secondary N) is 1. The molecule has 4 nitrogen and oxygen atoms in total. The molecular weight excluding hydrogens is 252 g/mol. The lowest BCUT2D eigenvalue weighted by molar-refractivity contribution is -0.107. The number of carbonyl (C=O) groups excluding carboxylic acids is 2. The number of rotatable bonds is 6. The summed E-state index contributed by atoms with van der Waals surface area (Å²) in [7, 11) is 0. The number of anilines is 1. The van der Waals surface area contributed by atoms with Crippen molar-refractivity contribution in [2.45, 2.75) is 13.0 Å². The van der Waals surface area contributed by atoms with Gasteiger partial charge in [-0.3, -0.25) is 4.79 Å². The van der Waals surface area contributed by atoms with Crippen LogP contribution in [0, 0.1) is 0 Å². The van der Waals surface area contributed by atoms with E-state index in [0.717, 1.165) is 17.5 Å². The zero-order valence-corrected chi connectivity index (χ0v) is 11.0. The van der Waals surface area contributed by atoms with Crippen molar-refractivity contribution in [2.75, 3.05) is 5.32 Å². The van der Waals surface area contributed by atoms with E-state index in [-0.39, 0.29) is 6.42 Å². The first-order valence-electron chi connectivity index (χ1n) is 6.35. The molecule has 2 aromatic rings. The zero-order chi connectivity index (χ0) is 14.4. The fraction of sp³-hybridized carbons (Fsp3) is 0.125. The summed E-state index contributed by atoms with van der Waals surface area (Å²) in [6.45, 7) is 0.620. The lowest BCUT2D eigenvalue weighted by Gasteiger charge is -2.13. The van der Waals surface area contributed by atoms with Crippen LogP contribution in [0.3, 0.4) is 0 Å². The van der Waals surface area contributed by atoms with Crippen LogP contribution in [-0.4, -0.2) is 12.2 Å². The second-order valence-corrected chi connectivity index (χ2v) is 4.41. The molecule has 0 aromatic heterocycles. The van der Waals surface area contributed by atoms with Crippen molar-refractivity contribution in [3.8, 4) is 0 Å². The van der Waals surface area contributed by atoms with Crippen LogP contribution < -0.4 is 11.1 Å². The van der Waals surface area contributed by atoms with E-state index in [4.69, 9.17) is 5.73 Å². The Bertz CT molecular complexity index is 609. The number of hydrogen-bond donors (Lipinski definition) is 2. The molecule has 0 aliphatic rings. The number of aldehydes is 1. The Morgan fingerprint density at radius 2 is 1.85 bits per heavy atom. The van der Waals surface area contributed by atoms with Crippen molar-refractivity contribution in [1.29, 1.82) is 0 Å². The molecule has 20 heavy (non-hydrogen) atoms. The topological polar surface area (TPSA) is 72.2 Å². The van der Waals surface area contributed by atoms with Crippen LogP contribution in [0.1, 0.15) is 21.5 Å². The van der Waals surface area contributed by atoms with Crippen molar-refractivity contribution in [3.05, 3.63) is 65.2 Å². The van der Waals surface area contributed by atoms with E-state index in [1.54, 1.807) is 12.1 Å². The summed E-state index contributed by atoms with van der Waals surface area (Å²) in [5, 5.41) is 3.24. The molecule has 0 aliphatic carbocycles. The monoisotopic (exact) mass is 268 g/mol. The van der Waals surface area contributed by atoms with Crippen LogP contribution in [0.2, 0.25) is 0 Å². The van der Waals surface area contributed by atoms with Gasteiger partial charge in [0.05, 0.1) is 0 Å². The predicted octanol–water partition coefficient (Wildman–Crippen LogP) is 2.14. The van der Waals surface area contributed by atoms with Crippen LogP contribution in [0.4, 0.5) is 5.69 Å². The third-order valence-corrected chi connectivity index (χ3v) is 3.05. The number of carbonyl (C=O) groups is 2. The van der Waals surface area contributed by atoms with Gasteiger partial charge in [0, 0.05) is 24.2 Å². The molecule has 3 N–H and O–H groups in total. The van der Waals surface area contributed by atoms with Crippen LogP contribution in [0.25, 0.3) is 0 Å². The molecule has 0 aliphatic heterocycles. The maximum absolute atomic E-state index is 11.4. The summed E-state index contributed by atoms with van der Waals surface area (Å²) >= 11 is 0. The molecule has 0 saturated carbocycles. The zero-order valence-electron chi connectivity index (χ0n) is 11.0. The minimum Gasteiger partial charge on any atom is -0.381 e. The van der Waals surface area contributed by atoms with E-state index in [1.807, 2.05) is 36.4 Å². The van der Waals surface area contributed by atoms with Crippen molar-refractivity contribution in [1.82, 2.24) is 0 Å². The standard InChI is InChI=1S/C16H16N2O2/c17-16(20)14-7-4-8-15(13(14)9-10-19)18-11-12-5-2-1-3-6-12/h1-8,10,18H,9,11H2,(H2,17,20). The Morgan fingerprint density at radius 3 is 2.50 bits per heavy atom. The minimum atomic E-state index is -0.523. The summed E-state index contributed by atoms with van der Waals surface area (Å²) in [5.74, 6) is -0.523. The lowest BCUT2D eigenvalue weighted by atomic mass is 10.0. The van der Waals surface area contributed by atoms with Gasteiger partial charge in [0.2, 0.25) is 5.91 Å². The number of nitrogens with two attached hydrogens (primary N) is 1. The first-order valence-corrected chi connectivity index (χ1v) is 6.35. The molecule has 0 saturated heterocycles. The maximum Gasteiger partial charge on any atom is 0.249 e. The van der Waals surface area contributed by atoms with E-state index in [2.05, 4.69) is 5.32 Å². The molecule has 0 bridgehead atoms. The van der Waals surface area contributed by atoms with Crippen LogP contribution >= 0.6 is 0 Å². The van der Waals surface area contributed by atoms with E-state index in [0.29, 0.717) is 17.7 Å². The normalized spacial score (nSPS) is 10.0. The molecule has 102 valence electrons. The molecule has 0 atom stereocenters. The third-order valence-electron chi connectivity index (χ3n) is 3.05. The molecule has 0 radical (unpaired) electrons. The quantitative estimate of drug-likeness (QED) is 0.788. The Labute approximate surface area is 117 Å². The van der Waals surface area contributed by atoms with E-state index in [9.17, 15) is 9.59 Å². The Kier molecular flexibility index (Phi) is 4.50. The van der Waals surface area contributed by atoms with Gasteiger partial charge in [-0.1, -0.05) is 36.4 Å². The summed E-state index contributed by atoms with van der Waals surface area (Å²) in [5.41, 5.74) is 8.25. The molecule has 2 aromatic carbocycles. The highest BCUT2D eigenvalue weighted by atomic mass is 16.1. The van der Waals surface area contributed by atoms with Crippen LogP contribution in [0.5, 0.6) is 0 Å². The Morgan fingerprint density at radius 1 is 1.10 bits per heavy atom. The summed E-state index contributed by atoms with van der Waals surface area (Å²) in [4.78, 5) is 22.2. The SMILES string of the molecule is NC(=O)c1cccc(NCc2ccccc2)c1CC=O. The molecule has 0 fully saturated rings. The number of benzene rings is 2. The fourth-order valence-electron chi connectivity index (χ4n) is 2.08. The van der Waals surface area contributed by atoms with Crippen molar-refractivity contribution in [3.63, 3.8) is 0 Å². The smallest absolute Gasteiger partial charge is 0.249 e. The molecular formula is C16H16N2O2. The number of amides is 1. The van der Waals surface area contributed by atoms with Gasteiger partial charge in [-0.05, 0) is 23.3 Å². The summed E-state index contributed by atoms with van der Waals surface area (Å²) < 4.78 is 0. The molecule has 0 heterocycles.